The molecule has 2 aliphatic heterocycles. The average Bonchev–Trinajstić information content (AvgIpc) is 2.76. The first-order valence-electron chi connectivity index (χ1n) is 10.4. The van der Waals surface area contributed by atoms with Gasteiger partial charge in [-0.25, -0.2) is 5.01 Å². The molecule has 162 valence electrons. The Morgan fingerprint density at radius 2 is 1.94 bits per heavy atom. The van der Waals surface area contributed by atoms with Gasteiger partial charge in [0, 0.05) is 31.9 Å². The van der Waals surface area contributed by atoms with E-state index >= 15 is 0 Å². The fourth-order valence-corrected chi connectivity index (χ4v) is 5.02. The molecule has 0 N–H and O–H groups in total. The van der Waals surface area contributed by atoms with E-state index in [2.05, 4.69) is 47.0 Å². The summed E-state index contributed by atoms with van der Waals surface area (Å²) in [6, 6.07) is 14.5. The number of thioether (sulfide) groups is 1. The molecule has 31 heavy (non-hydrogen) atoms. The van der Waals surface area contributed by atoms with Crippen molar-refractivity contribution in [3.63, 3.8) is 0 Å². The maximum atomic E-state index is 12.1. The van der Waals surface area contributed by atoms with Gasteiger partial charge in [0.15, 0.2) is 0 Å². The third-order valence-corrected chi connectivity index (χ3v) is 6.86. The summed E-state index contributed by atoms with van der Waals surface area (Å²) in [5.41, 5.74) is 5.52. The molecular weight excluding hydrogens is 408 g/mol. The molecule has 0 aliphatic carbocycles. The molecular formula is C24H28N4O2S. The van der Waals surface area contributed by atoms with Crippen LogP contribution >= 0.6 is 11.8 Å². The molecule has 0 unspecified atom stereocenters. The summed E-state index contributed by atoms with van der Waals surface area (Å²) in [5.74, 6) is 1.78. The number of methoxy groups -OCH3 is 1. The summed E-state index contributed by atoms with van der Waals surface area (Å²) in [5, 5.41) is 6.01. The first-order valence-corrected chi connectivity index (χ1v) is 11.2. The minimum atomic E-state index is -0.370. The summed E-state index contributed by atoms with van der Waals surface area (Å²) in [6.07, 6.45) is 2.06. The minimum Gasteiger partial charge on any atom is -0.497 e. The van der Waals surface area contributed by atoms with Gasteiger partial charge in [0.05, 0.1) is 17.6 Å². The van der Waals surface area contributed by atoms with Gasteiger partial charge in [0.2, 0.25) is 0 Å². The molecule has 0 atom stereocenters. The predicted octanol–water partition coefficient (Wildman–Crippen LogP) is 4.81. The Labute approximate surface area is 188 Å². The van der Waals surface area contributed by atoms with E-state index in [1.54, 1.807) is 14.2 Å². The van der Waals surface area contributed by atoms with E-state index in [9.17, 15) is 4.79 Å². The summed E-state index contributed by atoms with van der Waals surface area (Å²) >= 11 is 1.32. The van der Waals surface area contributed by atoms with Gasteiger partial charge in [-0.2, -0.15) is 5.10 Å². The highest BCUT2D eigenvalue weighted by atomic mass is 32.2. The number of carbonyl (C=O) groups is 1. The molecule has 1 amide bonds. The first kappa shape index (κ1) is 21.4. The molecule has 0 saturated heterocycles. The Bertz CT molecular complexity index is 1060. The molecule has 2 aromatic rings. The van der Waals surface area contributed by atoms with Crippen LogP contribution < -0.4 is 9.64 Å². The number of aliphatic imine (C=N–C) groups is 1. The Hall–Kier alpha value is -2.80. The quantitative estimate of drug-likeness (QED) is 0.512. The zero-order chi connectivity index (χ0) is 22.2. The van der Waals surface area contributed by atoms with Gasteiger partial charge in [-0.3, -0.25) is 9.79 Å². The molecule has 7 heteroatoms. The van der Waals surface area contributed by atoms with Crippen molar-refractivity contribution in [3.8, 4) is 5.75 Å². The number of nitrogens with zero attached hydrogens (tertiary/aromatic N) is 4. The number of rotatable bonds is 3. The normalized spacial score (nSPS) is 18.5. The SMILES string of the molecule is CN=C(c1ccc(OC)cc1)N1CCCc2cc(C3=NN(C)C(=O)SC3(C)C)ccc21. The van der Waals surface area contributed by atoms with Gasteiger partial charge in [-0.15, -0.1) is 0 Å². The molecule has 4 rings (SSSR count). The Kier molecular flexibility index (Phi) is 5.79. The fraction of sp³-hybridized carbons (Fsp3) is 0.375. The number of anilines is 1. The molecule has 2 aliphatic rings. The molecule has 2 heterocycles. The lowest BCUT2D eigenvalue weighted by molar-refractivity contribution is 0.234. The topological polar surface area (TPSA) is 57.5 Å². The van der Waals surface area contributed by atoms with Gasteiger partial charge < -0.3 is 9.64 Å². The molecule has 2 aromatic carbocycles. The number of fused-ring (bicyclic) bond motifs is 1. The van der Waals surface area contributed by atoms with E-state index in [1.807, 2.05) is 31.3 Å². The van der Waals surface area contributed by atoms with Gasteiger partial charge >= 0.3 is 5.24 Å². The van der Waals surface area contributed by atoms with Crippen molar-refractivity contribution >= 4 is 34.2 Å². The van der Waals surface area contributed by atoms with Crippen molar-refractivity contribution < 1.29 is 9.53 Å². The van der Waals surface area contributed by atoms with E-state index in [1.165, 1.54) is 28.0 Å². The van der Waals surface area contributed by atoms with Crippen molar-refractivity contribution in [3.05, 3.63) is 59.2 Å². The number of carbonyl (C=O) groups excluding carboxylic acids is 1. The number of hydrazone groups is 1. The number of hydrogen-bond acceptors (Lipinski definition) is 5. The van der Waals surface area contributed by atoms with Crippen molar-refractivity contribution in [1.29, 1.82) is 0 Å². The Balaban J connectivity index is 1.70. The minimum absolute atomic E-state index is 0.0267. The van der Waals surface area contributed by atoms with Crippen LogP contribution in [0, 0.1) is 0 Å². The van der Waals surface area contributed by atoms with Crippen LogP contribution in [0.15, 0.2) is 52.6 Å². The zero-order valence-corrected chi connectivity index (χ0v) is 19.5. The second-order valence-corrected chi connectivity index (χ2v) is 9.80. The number of benzene rings is 2. The second kappa shape index (κ2) is 8.38. The fourth-order valence-electron chi connectivity index (χ4n) is 4.16. The van der Waals surface area contributed by atoms with E-state index in [4.69, 9.17) is 4.74 Å². The molecule has 0 spiro atoms. The van der Waals surface area contributed by atoms with E-state index in [0.29, 0.717) is 0 Å². The average molecular weight is 437 g/mol. The van der Waals surface area contributed by atoms with Gasteiger partial charge in [0.1, 0.15) is 11.6 Å². The van der Waals surface area contributed by atoms with E-state index in [0.717, 1.165) is 47.8 Å². The van der Waals surface area contributed by atoms with Gasteiger partial charge in [-0.1, -0.05) is 17.8 Å². The van der Waals surface area contributed by atoms with Crippen molar-refractivity contribution in [2.45, 2.75) is 31.4 Å². The molecule has 0 aromatic heterocycles. The maximum Gasteiger partial charge on any atom is 0.302 e. The van der Waals surface area contributed by atoms with Crippen LogP contribution in [0.4, 0.5) is 10.5 Å². The molecule has 0 saturated carbocycles. The molecule has 0 fully saturated rings. The Morgan fingerprint density at radius 1 is 1.19 bits per heavy atom. The van der Waals surface area contributed by atoms with Crippen LogP contribution in [0.2, 0.25) is 0 Å². The molecule has 0 radical (unpaired) electrons. The lowest BCUT2D eigenvalue weighted by atomic mass is 9.93. The summed E-state index contributed by atoms with van der Waals surface area (Å²) < 4.78 is 4.93. The lowest BCUT2D eigenvalue weighted by Gasteiger charge is -2.35. The van der Waals surface area contributed by atoms with Crippen LogP contribution in [0.25, 0.3) is 0 Å². The lowest BCUT2D eigenvalue weighted by Crippen LogP contribution is -2.40. The van der Waals surface area contributed by atoms with Crippen LogP contribution in [-0.4, -0.2) is 54.3 Å². The van der Waals surface area contributed by atoms with Crippen molar-refractivity contribution in [2.75, 3.05) is 32.6 Å². The summed E-state index contributed by atoms with van der Waals surface area (Å²) in [6.45, 7) is 5.03. The number of amides is 1. The van der Waals surface area contributed by atoms with E-state index in [-0.39, 0.29) is 9.99 Å². The number of aryl methyl sites for hydroxylation is 1. The van der Waals surface area contributed by atoms with Crippen molar-refractivity contribution in [2.24, 2.45) is 10.1 Å². The van der Waals surface area contributed by atoms with Crippen molar-refractivity contribution in [1.82, 2.24) is 5.01 Å². The van der Waals surface area contributed by atoms with Gasteiger partial charge in [0.25, 0.3) is 0 Å². The highest BCUT2D eigenvalue weighted by Crippen LogP contribution is 2.37. The van der Waals surface area contributed by atoms with Gasteiger partial charge in [-0.05, 0) is 74.2 Å². The monoisotopic (exact) mass is 436 g/mol. The Morgan fingerprint density at radius 3 is 2.61 bits per heavy atom. The predicted molar refractivity (Wildman–Crippen MR) is 129 cm³/mol. The largest absolute Gasteiger partial charge is 0.497 e. The number of amidine groups is 1. The van der Waals surface area contributed by atoms with Crippen LogP contribution in [-0.2, 0) is 6.42 Å². The smallest absolute Gasteiger partial charge is 0.302 e. The zero-order valence-electron chi connectivity index (χ0n) is 18.7. The first-order chi connectivity index (χ1) is 14.8. The summed E-state index contributed by atoms with van der Waals surface area (Å²) in [4.78, 5) is 19.0. The highest BCUT2D eigenvalue weighted by Gasteiger charge is 2.36. The third-order valence-electron chi connectivity index (χ3n) is 5.71. The maximum absolute atomic E-state index is 12.1. The van der Waals surface area contributed by atoms with Crippen LogP contribution in [0.3, 0.4) is 0 Å². The van der Waals surface area contributed by atoms with E-state index < -0.39 is 0 Å². The molecule has 0 bridgehead atoms. The molecule has 6 nitrogen and oxygen atoms in total. The van der Waals surface area contributed by atoms with Crippen LogP contribution in [0.1, 0.15) is 37.0 Å². The number of ether oxygens (including phenoxy) is 1. The van der Waals surface area contributed by atoms with Crippen LogP contribution in [0.5, 0.6) is 5.75 Å². The number of hydrogen-bond donors (Lipinski definition) is 0. The summed E-state index contributed by atoms with van der Waals surface area (Å²) in [7, 11) is 5.22. The second-order valence-electron chi connectivity index (χ2n) is 8.22. The standard InChI is InChI=1S/C24H28N4O2S/c1-24(2)21(26-27(4)23(29)31-24)18-10-13-20-17(15-18)7-6-14-28(20)22(25-3)16-8-11-19(30-5)12-9-16/h8-13,15H,6-7,14H2,1-5H3. The third kappa shape index (κ3) is 4.06. The highest BCUT2D eigenvalue weighted by molar-refractivity contribution is 8.15.